The largest absolute Gasteiger partial charge is 0.207 e. The Morgan fingerprint density at radius 3 is 2.12 bits per heavy atom. The van der Waals surface area contributed by atoms with Gasteiger partial charge in [-0.2, -0.15) is 10.2 Å². The van der Waals surface area contributed by atoms with Gasteiger partial charge in [0.05, 0.1) is 11.4 Å². The summed E-state index contributed by atoms with van der Waals surface area (Å²) in [4.78, 5) is 0. The molecule has 32 heavy (non-hydrogen) atoms. The summed E-state index contributed by atoms with van der Waals surface area (Å²) >= 11 is 0. The van der Waals surface area contributed by atoms with Crippen molar-refractivity contribution in [3.05, 3.63) is 47.4 Å². The smallest absolute Gasteiger partial charge is 0.127 e. The molecule has 0 spiro atoms. The van der Waals surface area contributed by atoms with Gasteiger partial charge in [0.15, 0.2) is 0 Å². The van der Waals surface area contributed by atoms with Gasteiger partial charge in [-0.25, -0.2) is 4.39 Å². The van der Waals surface area contributed by atoms with E-state index in [0.29, 0.717) is 0 Å². The molecule has 2 aromatic rings. The molecular weight excluding hydrogens is 395 g/mol. The highest BCUT2D eigenvalue weighted by atomic mass is 19.1. The molecule has 1 aromatic heterocycles. The molecule has 1 heterocycles. The Hall–Kier alpha value is -1.77. The summed E-state index contributed by atoms with van der Waals surface area (Å²) in [6.07, 6.45) is 18.9. The molecule has 0 aliphatic heterocycles. The number of halogens is 1. The number of rotatable bonds is 13. The molecule has 1 saturated carbocycles. The molecule has 1 aliphatic carbocycles. The zero-order valence-corrected chi connectivity index (χ0v) is 20.4. The van der Waals surface area contributed by atoms with E-state index in [1.165, 1.54) is 70.6 Å². The summed E-state index contributed by atoms with van der Waals surface area (Å²) in [5.41, 5.74) is 3.45. The quantitative estimate of drug-likeness (QED) is 0.292. The van der Waals surface area contributed by atoms with Gasteiger partial charge < -0.3 is 0 Å². The van der Waals surface area contributed by atoms with Crippen LogP contribution >= 0.6 is 0 Å². The highest BCUT2D eigenvalue weighted by Crippen LogP contribution is 2.34. The van der Waals surface area contributed by atoms with Crippen molar-refractivity contribution < 1.29 is 4.39 Å². The lowest BCUT2D eigenvalue weighted by Crippen LogP contribution is -2.15. The predicted molar refractivity (Wildman–Crippen MR) is 133 cm³/mol. The van der Waals surface area contributed by atoms with E-state index in [-0.39, 0.29) is 5.82 Å². The summed E-state index contributed by atoms with van der Waals surface area (Å²) in [6.45, 7) is 4.48. The fourth-order valence-electron chi connectivity index (χ4n) is 5.14. The second-order valence-corrected chi connectivity index (χ2v) is 9.95. The van der Waals surface area contributed by atoms with Crippen molar-refractivity contribution >= 4 is 0 Å². The van der Waals surface area contributed by atoms with E-state index in [2.05, 4.69) is 24.0 Å². The van der Waals surface area contributed by atoms with Crippen molar-refractivity contribution in [3.63, 3.8) is 0 Å². The maximum absolute atomic E-state index is 14.8. The van der Waals surface area contributed by atoms with Crippen molar-refractivity contribution in [1.82, 2.24) is 10.2 Å². The van der Waals surface area contributed by atoms with Gasteiger partial charge in [0.25, 0.3) is 0 Å². The molecule has 1 fully saturated rings. The Labute approximate surface area is 195 Å². The van der Waals surface area contributed by atoms with Crippen LogP contribution in [0.1, 0.15) is 109 Å². The van der Waals surface area contributed by atoms with E-state index in [0.717, 1.165) is 60.0 Å². The van der Waals surface area contributed by atoms with E-state index in [9.17, 15) is 4.39 Å². The Bertz CT molecular complexity index is 778. The molecule has 2 nitrogen and oxygen atoms in total. The van der Waals surface area contributed by atoms with Crippen LogP contribution in [0.25, 0.3) is 11.3 Å². The van der Waals surface area contributed by atoms with Crippen LogP contribution < -0.4 is 0 Å². The van der Waals surface area contributed by atoms with E-state index in [1.807, 2.05) is 24.3 Å². The summed E-state index contributed by atoms with van der Waals surface area (Å²) in [7, 11) is 0. The SMILES string of the molecule is CCCCCCC1CCC(CCc2ccc(-c3ccc(CCCCC)nn3)cc2F)CC1. The van der Waals surface area contributed by atoms with E-state index in [1.54, 1.807) is 6.07 Å². The van der Waals surface area contributed by atoms with Crippen molar-refractivity contribution in [2.24, 2.45) is 11.8 Å². The van der Waals surface area contributed by atoms with Crippen LogP contribution in [0.4, 0.5) is 4.39 Å². The molecule has 0 N–H and O–H groups in total. The summed E-state index contributed by atoms with van der Waals surface area (Å²) in [5.74, 6) is 1.62. The molecule has 1 aliphatic rings. The molecule has 0 bridgehead atoms. The van der Waals surface area contributed by atoms with E-state index < -0.39 is 0 Å². The fourth-order valence-corrected chi connectivity index (χ4v) is 5.14. The maximum atomic E-state index is 14.8. The molecule has 3 heteroatoms. The van der Waals surface area contributed by atoms with Crippen LogP contribution in [-0.2, 0) is 12.8 Å². The minimum atomic E-state index is -0.0964. The number of unbranched alkanes of at least 4 members (excludes halogenated alkanes) is 5. The summed E-state index contributed by atoms with van der Waals surface area (Å²) in [6, 6.07) is 9.62. The van der Waals surface area contributed by atoms with Gasteiger partial charge in [-0.3, -0.25) is 0 Å². The first-order chi connectivity index (χ1) is 15.7. The Kier molecular flexibility index (Phi) is 10.6. The normalized spacial score (nSPS) is 18.7. The monoisotopic (exact) mass is 438 g/mol. The second kappa shape index (κ2) is 13.7. The molecule has 176 valence electrons. The van der Waals surface area contributed by atoms with Crippen LogP contribution in [0.2, 0.25) is 0 Å². The van der Waals surface area contributed by atoms with Gasteiger partial charge in [-0.15, -0.1) is 0 Å². The average molecular weight is 439 g/mol. The highest BCUT2D eigenvalue weighted by molar-refractivity contribution is 5.59. The lowest BCUT2D eigenvalue weighted by atomic mass is 9.77. The number of hydrogen-bond donors (Lipinski definition) is 0. The van der Waals surface area contributed by atoms with Gasteiger partial charge >= 0.3 is 0 Å². The predicted octanol–water partition coefficient (Wildman–Crippen LogP) is 8.72. The Morgan fingerprint density at radius 1 is 0.750 bits per heavy atom. The van der Waals surface area contributed by atoms with Crippen LogP contribution in [0, 0.1) is 17.7 Å². The standard InChI is InChI=1S/C29H43FN2/c1-3-5-7-9-10-23-12-14-24(15-13-23)16-17-25-18-19-26(22-28(25)30)29-21-20-27(31-32-29)11-8-6-4-2/h18-24H,3-17H2,1-2H3. The first kappa shape index (κ1) is 24.9. The summed E-state index contributed by atoms with van der Waals surface area (Å²) in [5, 5.41) is 8.68. The van der Waals surface area contributed by atoms with Crippen molar-refractivity contribution in [1.29, 1.82) is 0 Å². The van der Waals surface area contributed by atoms with Crippen LogP contribution in [0.5, 0.6) is 0 Å². The van der Waals surface area contributed by atoms with Crippen molar-refractivity contribution in [2.45, 2.75) is 110 Å². The first-order valence-electron chi connectivity index (χ1n) is 13.3. The van der Waals surface area contributed by atoms with Crippen LogP contribution in [0.3, 0.4) is 0 Å². The number of aryl methyl sites for hydroxylation is 2. The first-order valence-corrected chi connectivity index (χ1v) is 13.3. The lowest BCUT2D eigenvalue weighted by Gasteiger charge is -2.28. The molecule has 0 saturated heterocycles. The minimum absolute atomic E-state index is 0.0964. The Balaban J connectivity index is 1.44. The Morgan fingerprint density at radius 2 is 1.47 bits per heavy atom. The van der Waals surface area contributed by atoms with Gasteiger partial charge in [0, 0.05) is 5.56 Å². The van der Waals surface area contributed by atoms with Crippen molar-refractivity contribution in [3.8, 4) is 11.3 Å². The van der Waals surface area contributed by atoms with Gasteiger partial charge in [0.1, 0.15) is 5.82 Å². The summed E-state index contributed by atoms with van der Waals surface area (Å²) < 4.78 is 14.8. The average Bonchev–Trinajstić information content (AvgIpc) is 2.82. The third kappa shape index (κ3) is 7.98. The van der Waals surface area contributed by atoms with E-state index in [4.69, 9.17) is 0 Å². The molecule has 0 radical (unpaired) electrons. The van der Waals surface area contributed by atoms with Gasteiger partial charge in [-0.1, -0.05) is 96.6 Å². The molecule has 1 aromatic carbocycles. The van der Waals surface area contributed by atoms with Gasteiger partial charge in [-0.05, 0) is 61.3 Å². The van der Waals surface area contributed by atoms with Crippen LogP contribution in [-0.4, -0.2) is 10.2 Å². The third-order valence-electron chi connectivity index (χ3n) is 7.36. The topological polar surface area (TPSA) is 25.8 Å². The lowest BCUT2D eigenvalue weighted by molar-refractivity contribution is 0.248. The number of benzene rings is 1. The second-order valence-electron chi connectivity index (χ2n) is 9.95. The van der Waals surface area contributed by atoms with Crippen molar-refractivity contribution in [2.75, 3.05) is 0 Å². The molecule has 3 rings (SSSR count). The maximum Gasteiger partial charge on any atom is 0.127 e. The number of nitrogens with zero attached hydrogens (tertiary/aromatic N) is 2. The van der Waals surface area contributed by atoms with Crippen LogP contribution in [0.15, 0.2) is 30.3 Å². The van der Waals surface area contributed by atoms with E-state index >= 15 is 0 Å². The molecule has 0 atom stereocenters. The molecule has 0 unspecified atom stereocenters. The zero-order chi connectivity index (χ0) is 22.6. The minimum Gasteiger partial charge on any atom is -0.207 e. The fraction of sp³-hybridized carbons (Fsp3) is 0.655. The zero-order valence-electron chi connectivity index (χ0n) is 20.4. The molecule has 0 amide bonds. The number of aromatic nitrogens is 2. The third-order valence-corrected chi connectivity index (χ3v) is 7.36. The number of hydrogen-bond acceptors (Lipinski definition) is 2. The van der Waals surface area contributed by atoms with Gasteiger partial charge in [0.2, 0.25) is 0 Å². The highest BCUT2D eigenvalue weighted by Gasteiger charge is 2.21. The molecular formula is C29H43FN2.